The van der Waals surface area contributed by atoms with Crippen molar-refractivity contribution in [1.29, 1.82) is 10.7 Å². The lowest BCUT2D eigenvalue weighted by molar-refractivity contribution is 0.155. The molecule has 1 aliphatic carbocycles. The Labute approximate surface area is 128 Å². The summed E-state index contributed by atoms with van der Waals surface area (Å²) in [5.74, 6) is -0.685. The van der Waals surface area contributed by atoms with E-state index in [0.717, 1.165) is 25.7 Å². The molecule has 116 valence electrons. The summed E-state index contributed by atoms with van der Waals surface area (Å²) in [4.78, 5) is 0. The van der Waals surface area contributed by atoms with Gasteiger partial charge in [-0.05, 0) is 37.8 Å². The summed E-state index contributed by atoms with van der Waals surface area (Å²) in [5.41, 5.74) is 7.38. The molecule has 0 atom stereocenters. The molecular formula is C15H18FN5O. The molecule has 0 amide bonds. The van der Waals surface area contributed by atoms with Crippen LogP contribution in [0.15, 0.2) is 23.3 Å². The quantitative estimate of drug-likeness (QED) is 0.441. The van der Waals surface area contributed by atoms with E-state index >= 15 is 0 Å². The lowest BCUT2D eigenvalue weighted by atomic mass is 9.98. The fourth-order valence-electron chi connectivity index (χ4n) is 2.33. The predicted octanol–water partition coefficient (Wildman–Crippen LogP) is 2.76. The SMILES string of the molecule is N#C/C(=N\Nc1c(F)cccc1OC1CCCCC1)C(=N)N. The number of rotatable bonds is 5. The standard InChI is InChI=1S/C15H18FN5O/c16-11-7-4-8-13(22-10-5-2-1-3-6-10)14(11)21-20-12(9-17)15(18)19/h4,7-8,10,21H,1-3,5-6H2,(H3,18,19)/b20-12+. The van der Waals surface area contributed by atoms with Crippen LogP contribution < -0.4 is 15.9 Å². The Morgan fingerprint density at radius 2 is 2.14 bits per heavy atom. The minimum absolute atomic E-state index is 0.0436. The van der Waals surface area contributed by atoms with E-state index in [1.165, 1.54) is 12.5 Å². The molecule has 22 heavy (non-hydrogen) atoms. The zero-order valence-electron chi connectivity index (χ0n) is 12.1. The second-order valence-electron chi connectivity index (χ2n) is 5.09. The van der Waals surface area contributed by atoms with Crippen molar-refractivity contribution in [2.24, 2.45) is 10.8 Å². The van der Waals surface area contributed by atoms with Crippen LogP contribution >= 0.6 is 0 Å². The molecule has 4 N–H and O–H groups in total. The Morgan fingerprint density at radius 1 is 1.41 bits per heavy atom. The summed E-state index contributed by atoms with van der Waals surface area (Å²) in [6, 6.07) is 6.14. The number of hydrazone groups is 1. The van der Waals surface area contributed by atoms with Crippen LogP contribution in [0.4, 0.5) is 10.1 Å². The summed E-state index contributed by atoms with van der Waals surface area (Å²) in [6.07, 6.45) is 5.34. The van der Waals surface area contributed by atoms with Crippen molar-refractivity contribution in [2.45, 2.75) is 38.2 Å². The second kappa shape index (κ2) is 7.41. The van der Waals surface area contributed by atoms with Crippen LogP contribution in [0.25, 0.3) is 0 Å². The summed E-state index contributed by atoms with van der Waals surface area (Å²) >= 11 is 0. The molecule has 0 saturated heterocycles. The molecule has 0 unspecified atom stereocenters. The van der Waals surface area contributed by atoms with Crippen molar-refractivity contribution >= 4 is 17.2 Å². The van der Waals surface area contributed by atoms with Gasteiger partial charge >= 0.3 is 0 Å². The topological polar surface area (TPSA) is 107 Å². The Bertz CT molecular complexity index is 617. The van der Waals surface area contributed by atoms with E-state index in [9.17, 15) is 4.39 Å². The average molecular weight is 303 g/mol. The van der Waals surface area contributed by atoms with Gasteiger partial charge in [0.05, 0.1) is 6.10 Å². The van der Waals surface area contributed by atoms with Crippen molar-refractivity contribution < 1.29 is 9.13 Å². The summed E-state index contributed by atoms with van der Waals surface area (Å²) in [6.45, 7) is 0. The van der Waals surface area contributed by atoms with Gasteiger partial charge in [-0.15, -0.1) is 0 Å². The van der Waals surface area contributed by atoms with Crippen LogP contribution in [0.1, 0.15) is 32.1 Å². The zero-order valence-corrected chi connectivity index (χ0v) is 12.1. The summed E-state index contributed by atoms with van der Waals surface area (Å²) in [5, 5.41) is 19.7. The normalized spacial score (nSPS) is 15.9. The number of nitrogens with one attached hydrogen (secondary N) is 2. The van der Waals surface area contributed by atoms with Gasteiger partial charge in [-0.2, -0.15) is 10.4 Å². The maximum absolute atomic E-state index is 14.0. The fraction of sp³-hybridized carbons (Fsp3) is 0.400. The van der Waals surface area contributed by atoms with Crippen LogP contribution in [-0.2, 0) is 0 Å². The molecule has 0 heterocycles. The van der Waals surface area contributed by atoms with Crippen molar-refractivity contribution in [3.63, 3.8) is 0 Å². The zero-order chi connectivity index (χ0) is 15.9. The van der Waals surface area contributed by atoms with Crippen molar-refractivity contribution in [3.05, 3.63) is 24.0 Å². The molecule has 1 aromatic carbocycles. The minimum Gasteiger partial charge on any atom is -0.488 e. The number of halogens is 1. The van der Waals surface area contributed by atoms with Crippen molar-refractivity contribution in [3.8, 4) is 11.8 Å². The van der Waals surface area contributed by atoms with Gasteiger partial charge in [-0.25, -0.2) is 4.39 Å². The minimum atomic E-state index is -0.544. The van der Waals surface area contributed by atoms with Crippen LogP contribution in [-0.4, -0.2) is 17.7 Å². The largest absolute Gasteiger partial charge is 0.488 e. The number of nitrogens with zero attached hydrogens (tertiary/aromatic N) is 2. The third-order valence-corrected chi connectivity index (χ3v) is 3.46. The summed E-state index contributed by atoms with van der Waals surface area (Å²) < 4.78 is 19.8. The Kier molecular flexibility index (Phi) is 5.31. The number of anilines is 1. The number of nitriles is 1. The average Bonchev–Trinajstić information content (AvgIpc) is 2.51. The number of ether oxygens (including phenoxy) is 1. The highest BCUT2D eigenvalue weighted by Gasteiger charge is 2.18. The third-order valence-electron chi connectivity index (χ3n) is 3.46. The number of hydrogen-bond donors (Lipinski definition) is 3. The number of amidine groups is 1. The predicted molar refractivity (Wildman–Crippen MR) is 82.5 cm³/mol. The van der Waals surface area contributed by atoms with E-state index in [1.807, 2.05) is 0 Å². The lowest BCUT2D eigenvalue weighted by Gasteiger charge is -2.24. The fourth-order valence-corrected chi connectivity index (χ4v) is 2.33. The van der Waals surface area contributed by atoms with Crippen LogP contribution in [0.3, 0.4) is 0 Å². The third kappa shape index (κ3) is 3.95. The van der Waals surface area contributed by atoms with E-state index in [1.54, 1.807) is 18.2 Å². The molecule has 1 saturated carbocycles. The maximum atomic E-state index is 14.0. The van der Waals surface area contributed by atoms with Crippen LogP contribution in [0, 0.1) is 22.6 Å². The van der Waals surface area contributed by atoms with Gasteiger partial charge in [0.25, 0.3) is 0 Å². The summed E-state index contributed by atoms with van der Waals surface area (Å²) in [7, 11) is 0. The van der Waals surface area contributed by atoms with E-state index in [2.05, 4.69) is 10.5 Å². The van der Waals surface area contributed by atoms with E-state index in [-0.39, 0.29) is 17.5 Å². The van der Waals surface area contributed by atoms with Crippen LogP contribution in [0.2, 0.25) is 0 Å². The van der Waals surface area contributed by atoms with E-state index in [0.29, 0.717) is 5.75 Å². The first-order chi connectivity index (χ1) is 10.6. The molecule has 1 fully saturated rings. The first-order valence-electron chi connectivity index (χ1n) is 7.15. The van der Waals surface area contributed by atoms with Crippen molar-refractivity contribution in [2.75, 3.05) is 5.43 Å². The molecule has 1 aromatic rings. The van der Waals surface area contributed by atoms with Gasteiger partial charge in [-0.1, -0.05) is 12.5 Å². The monoisotopic (exact) mass is 303 g/mol. The first kappa shape index (κ1) is 15.8. The number of hydrogen-bond acceptors (Lipinski definition) is 5. The molecule has 1 aliphatic rings. The number of benzene rings is 1. The Balaban J connectivity index is 2.19. The van der Waals surface area contributed by atoms with E-state index in [4.69, 9.17) is 21.1 Å². The van der Waals surface area contributed by atoms with Gasteiger partial charge in [-0.3, -0.25) is 10.8 Å². The van der Waals surface area contributed by atoms with Gasteiger partial charge in [0.2, 0.25) is 5.71 Å². The van der Waals surface area contributed by atoms with Gasteiger partial charge in [0, 0.05) is 0 Å². The van der Waals surface area contributed by atoms with Gasteiger partial charge < -0.3 is 10.5 Å². The molecule has 2 rings (SSSR count). The molecule has 7 heteroatoms. The molecule has 0 aromatic heterocycles. The molecular weight excluding hydrogens is 285 g/mol. The highest BCUT2D eigenvalue weighted by Crippen LogP contribution is 2.31. The highest BCUT2D eigenvalue weighted by molar-refractivity contribution is 6.45. The Morgan fingerprint density at radius 3 is 2.77 bits per heavy atom. The second-order valence-corrected chi connectivity index (χ2v) is 5.09. The van der Waals surface area contributed by atoms with Crippen molar-refractivity contribution in [1.82, 2.24) is 0 Å². The smallest absolute Gasteiger partial charge is 0.201 e. The van der Waals surface area contributed by atoms with Gasteiger partial charge in [0.15, 0.2) is 11.7 Å². The molecule has 0 aliphatic heterocycles. The van der Waals surface area contributed by atoms with E-state index < -0.39 is 11.7 Å². The highest BCUT2D eigenvalue weighted by atomic mass is 19.1. The molecule has 0 spiro atoms. The maximum Gasteiger partial charge on any atom is 0.201 e. The van der Waals surface area contributed by atoms with Gasteiger partial charge in [0.1, 0.15) is 17.5 Å². The first-order valence-corrected chi connectivity index (χ1v) is 7.15. The lowest BCUT2D eigenvalue weighted by Crippen LogP contribution is -2.22. The Hall–Kier alpha value is -2.62. The molecule has 6 nitrogen and oxygen atoms in total. The number of nitrogens with two attached hydrogens (primary N) is 1. The molecule has 0 radical (unpaired) electrons. The number of para-hydroxylation sites is 1. The van der Waals surface area contributed by atoms with Crippen LogP contribution in [0.5, 0.6) is 5.75 Å². The molecule has 0 bridgehead atoms.